The van der Waals surface area contributed by atoms with Crippen molar-refractivity contribution in [1.29, 1.82) is 0 Å². The Morgan fingerprint density at radius 3 is 2.69 bits per heavy atom. The molecule has 6 nitrogen and oxygen atoms in total. The molecule has 0 radical (unpaired) electrons. The molecular weight excluding hydrogens is 386 g/mol. The molecule has 1 atom stereocenters. The lowest BCUT2D eigenvalue weighted by Crippen LogP contribution is -2.59. The normalized spacial score (nSPS) is 19.9. The van der Waals surface area contributed by atoms with E-state index in [-0.39, 0.29) is 24.3 Å². The largest absolute Gasteiger partial charge is 0.336 e. The summed E-state index contributed by atoms with van der Waals surface area (Å²) in [6, 6.07) is 9.46. The predicted molar refractivity (Wildman–Crippen MR) is 112 cm³/mol. The molecule has 1 unspecified atom stereocenters. The number of hydrogen-bond acceptors (Lipinski definition) is 4. The van der Waals surface area contributed by atoms with E-state index in [0.29, 0.717) is 32.6 Å². The number of amides is 3. The zero-order valence-electron chi connectivity index (χ0n) is 16.8. The Morgan fingerprint density at radius 2 is 1.97 bits per heavy atom. The highest BCUT2D eigenvalue weighted by Gasteiger charge is 2.41. The fourth-order valence-electron chi connectivity index (χ4n) is 4.13. The Bertz CT molecular complexity index is 954. The molecule has 3 amide bonds. The Kier molecular flexibility index (Phi) is 5.41. The van der Waals surface area contributed by atoms with Crippen molar-refractivity contribution in [1.82, 2.24) is 14.7 Å². The molecule has 0 saturated carbocycles. The van der Waals surface area contributed by atoms with Gasteiger partial charge in [0.25, 0.3) is 5.91 Å². The van der Waals surface area contributed by atoms with Gasteiger partial charge in [0, 0.05) is 26.2 Å². The highest BCUT2D eigenvalue weighted by molar-refractivity contribution is 7.12. The third kappa shape index (κ3) is 3.92. The van der Waals surface area contributed by atoms with Gasteiger partial charge in [-0.2, -0.15) is 0 Å². The minimum Gasteiger partial charge on any atom is -0.336 e. The summed E-state index contributed by atoms with van der Waals surface area (Å²) in [7, 11) is 0. The first-order chi connectivity index (χ1) is 13.9. The van der Waals surface area contributed by atoms with E-state index >= 15 is 0 Å². The number of rotatable bonds is 3. The van der Waals surface area contributed by atoms with E-state index in [2.05, 4.69) is 0 Å². The van der Waals surface area contributed by atoms with E-state index in [1.54, 1.807) is 14.7 Å². The maximum atomic E-state index is 13.1. The van der Waals surface area contributed by atoms with Crippen molar-refractivity contribution in [2.75, 3.05) is 26.2 Å². The maximum Gasteiger partial charge on any atom is 0.264 e. The summed E-state index contributed by atoms with van der Waals surface area (Å²) in [6.07, 6.45) is 0.477. The van der Waals surface area contributed by atoms with Crippen LogP contribution in [0.4, 0.5) is 0 Å². The van der Waals surface area contributed by atoms with Crippen LogP contribution in [0.3, 0.4) is 0 Å². The molecule has 0 aliphatic carbocycles. The Labute approximate surface area is 174 Å². The third-order valence-electron chi connectivity index (χ3n) is 5.70. The fraction of sp³-hybridized carbons (Fsp3) is 0.409. The van der Waals surface area contributed by atoms with Crippen molar-refractivity contribution in [3.05, 3.63) is 57.3 Å². The molecule has 2 saturated heterocycles. The molecule has 29 heavy (non-hydrogen) atoms. The number of carbonyl (C=O) groups excluding carboxylic acids is 3. The van der Waals surface area contributed by atoms with Gasteiger partial charge in [-0.3, -0.25) is 14.4 Å². The zero-order valence-corrected chi connectivity index (χ0v) is 17.6. The van der Waals surface area contributed by atoms with Crippen molar-refractivity contribution in [2.45, 2.75) is 32.9 Å². The van der Waals surface area contributed by atoms with Gasteiger partial charge >= 0.3 is 0 Å². The van der Waals surface area contributed by atoms with Gasteiger partial charge in [0.2, 0.25) is 11.8 Å². The van der Waals surface area contributed by atoms with Crippen LogP contribution in [0.2, 0.25) is 0 Å². The first-order valence-corrected chi connectivity index (χ1v) is 10.8. The van der Waals surface area contributed by atoms with Crippen molar-refractivity contribution in [3.8, 4) is 0 Å². The van der Waals surface area contributed by atoms with Crippen LogP contribution in [0.25, 0.3) is 0 Å². The molecular formula is C22H25N3O3S. The summed E-state index contributed by atoms with van der Waals surface area (Å²) in [5, 5.41) is 1.92. The third-order valence-corrected chi connectivity index (χ3v) is 6.71. The Hall–Kier alpha value is -2.67. The smallest absolute Gasteiger partial charge is 0.264 e. The number of benzene rings is 1. The zero-order chi connectivity index (χ0) is 20.5. The number of carbonyl (C=O) groups is 3. The lowest BCUT2D eigenvalue weighted by atomic mass is 10.1. The molecule has 2 aliphatic rings. The summed E-state index contributed by atoms with van der Waals surface area (Å²) in [6.45, 7) is 5.83. The quantitative estimate of drug-likeness (QED) is 0.780. The lowest BCUT2D eigenvalue weighted by Gasteiger charge is -2.39. The summed E-state index contributed by atoms with van der Waals surface area (Å²) in [5.41, 5.74) is 3.13. The van der Waals surface area contributed by atoms with Crippen LogP contribution < -0.4 is 0 Å². The molecule has 2 aliphatic heterocycles. The average molecular weight is 412 g/mol. The second-order valence-corrected chi connectivity index (χ2v) is 8.72. The van der Waals surface area contributed by atoms with E-state index in [0.717, 1.165) is 21.6 Å². The SMILES string of the molecule is Cc1cccc(CN2CC(=O)N3CCN(C(=O)c4sccc4C)CCC3C2=O)c1. The second-order valence-electron chi connectivity index (χ2n) is 7.80. The lowest BCUT2D eigenvalue weighted by molar-refractivity contribution is -0.156. The van der Waals surface area contributed by atoms with Gasteiger partial charge in [-0.1, -0.05) is 29.8 Å². The summed E-state index contributed by atoms with van der Waals surface area (Å²) < 4.78 is 0. The van der Waals surface area contributed by atoms with Crippen molar-refractivity contribution < 1.29 is 14.4 Å². The molecule has 7 heteroatoms. The second kappa shape index (κ2) is 7.99. The van der Waals surface area contributed by atoms with Gasteiger partial charge in [-0.05, 0) is 42.8 Å². The molecule has 0 spiro atoms. The minimum atomic E-state index is -0.483. The van der Waals surface area contributed by atoms with E-state index < -0.39 is 6.04 Å². The van der Waals surface area contributed by atoms with E-state index in [1.165, 1.54) is 11.3 Å². The number of fused-ring (bicyclic) bond motifs is 1. The summed E-state index contributed by atoms with van der Waals surface area (Å²) in [4.78, 5) is 44.6. The highest BCUT2D eigenvalue weighted by atomic mass is 32.1. The number of piperazine rings is 1. The highest BCUT2D eigenvalue weighted by Crippen LogP contribution is 2.24. The van der Waals surface area contributed by atoms with Crippen molar-refractivity contribution in [3.63, 3.8) is 0 Å². The Balaban J connectivity index is 1.48. The first kappa shape index (κ1) is 19.6. The summed E-state index contributed by atoms with van der Waals surface area (Å²) >= 11 is 1.44. The van der Waals surface area contributed by atoms with Gasteiger partial charge in [0.05, 0.1) is 4.88 Å². The molecule has 0 N–H and O–H groups in total. The van der Waals surface area contributed by atoms with E-state index in [4.69, 9.17) is 0 Å². The summed E-state index contributed by atoms with van der Waals surface area (Å²) in [5.74, 6) is -0.0644. The number of hydrogen-bond donors (Lipinski definition) is 0. The van der Waals surface area contributed by atoms with Gasteiger partial charge in [0.15, 0.2) is 0 Å². The van der Waals surface area contributed by atoms with Crippen molar-refractivity contribution in [2.24, 2.45) is 0 Å². The Morgan fingerprint density at radius 1 is 1.14 bits per heavy atom. The fourth-order valence-corrected chi connectivity index (χ4v) is 5.02. The predicted octanol–water partition coefficient (Wildman–Crippen LogP) is 2.45. The van der Waals surface area contributed by atoms with Gasteiger partial charge < -0.3 is 14.7 Å². The molecule has 3 heterocycles. The van der Waals surface area contributed by atoms with Gasteiger partial charge in [0.1, 0.15) is 12.6 Å². The van der Waals surface area contributed by atoms with Crippen LogP contribution in [-0.4, -0.2) is 64.6 Å². The van der Waals surface area contributed by atoms with Crippen LogP contribution in [0.1, 0.15) is 32.8 Å². The number of thiophene rings is 1. The van der Waals surface area contributed by atoms with Gasteiger partial charge in [-0.15, -0.1) is 11.3 Å². The van der Waals surface area contributed by atoms with Crippen molar-refractivity contribution >= 4 is 29.1 Å². The van der Waals surface area contributed by atoms with Gasteiger partial charge in [-0.25, -0.2) is 0 Å². The molecule has 2 fully saturated rings. The average Bonchev–Trinajstić information content (AvgIpc) is 2.98. The maximum absolute atomic E-state index is 13.1. The molecule has 1 aromatic carbocycles. The molecule has 1 aromatic heterocycles. The minimum absolute atomic E-state index is 0.00568. The number of aryl methyl sites for hydroxylation is 2. The first-order valence-electron chi connectivity index (χ1n) is 9.91. The van der Waals surface area contributed by atoms with Crippen LogP contribution in [0.5, 0.6) is 0 Å². The molecule has 4 rings (SSSR count). The molecule has 2 aromatic rings. The standard InChI is InChI=1S/C22H25N3O3S/c1-15-4-3-5-17(12-15)13-24-14-19(26)25-10-9-23(8-6-18(25)21(24)27)22(28)20-16(2)7-11-29-20/h3-5,7,11-12,18H,6,8-10,13-14H2,1-2H3. The molecule has 0 bridgehead atoms. The van der Waals surface area contributed by atoms with E-state index in [9.17, 15) is 14.4 Å². The molecule has 152 valence electrons. The topological polar surface area (TPSA) is 60.9 Å². The monoisotopic (exact) mass is 411 g/mol. The van der Waals surface area contributed by atoms with Crippen LogP contribution >= 0.6 is 11.3 Å². The van der Waals surface area contributed by atoms with Crippen LogP contribution in [0.15, 0.2) is 35.7 Å². The van der Waals surface area contributed by atoms with E-state index in [1.807, 2.05) is 49.6 Å². The van der Waals surface area contributed by atoms with Crippen LogP contribution in [0, 0.1) is 13.8 Å². The number of nitrogens with zero attached hydrogens (tertiary/aromatic N) is 3. The van der Waals surface area contributed by atoms with Crippen LogP contribution in [-0.2, 0) is 16.1 Å².